The zero-order valence-electron chi connectivity index (χ0n) is 6.15. The van der Waals surface area contributed by atoms with Crippen LogP contribution in [0.4, 0.5) is 0 Å². The van der Waals surface area contributed by atoms with Gasteiger partial charge in [-0.3, -0.25) is 0 Å². The van der Waals surface area contributed by atoms with Gasteiger partial charge in [-0.25, -0.2) is 0 Å². The Morgan fingerprint density at radius 3 is 2.00 bits per heavy atom. The molecule has 1 unspecified atom stereocenters. The molecule has 0 aromatic carbocycles. The summed E-state index contributed by atoms with van der Waals surface area (Å²) in [6.45, 7) is 6.82. The van der Waals surface area contributed by atoms with Crippen LogP contribution in [0.2, 0.25) is 5.54 Å². The van der Waals surface area contributed by atoms with Gasteiger partial charge in [0.25, 0.3) is 0 Å². The van der Waals surface area contributed by atoms with Crippen molar-refractivity contribution in [2.45, 2.75) is 32.7 Å². The average Bonchev–Trinajstić information content (AvgIpc) is 1.69. The van der Waals surface area contributed by atoms with E-state index in [4.69, 9.17) is 0 Å². The monoisotopic (exact) mass is 128 g/mol. The second-order valence-electron chi connectivity index (χ2n) is 2.55. The van der Waals surface area contributed by atoms with Crippen LogP contribution in [0, 0.1) is 5.92 Å². The molecule has 0 saturated carbocycles. The van der Waals surface area contributed by atoms with Crippen molar-refractivity contribution in [2.75, 3.05) is 0 Å². The first-order chi connectivity index (χ1) is 3.72. The molecule has 0 aromatic rings. The maximum Gasteiger partial charge on any atom is -0.0118 e. The predicted octanol–water partition coefficient (Wildman–Crippen LogP) is 1.71. The molecule has 0 aliphatic heterocycles. The highest BCUT2D eigenvalue weighted by molar-refractivity contribution is 6.42. The third-order valence-corrected chi connectivity index (χ3v) is 3.48. The van der Waals surface area contributed by atoms with Gasteiger partial charge in [0.15, 0.2) is 0 Å². The van der Waals surface area contributed by atoms with E-state index >= 15 is 0 Å². The van der Waals surface area contributed by atoms with E-state index in [1.54, 1.807) is 0 Å². The first-order valence-corrected chi connectivity index (χ1v) is 4.83. The van der Waals surface area contributed by atoms with Crippen molar-refractivity contribution in [3.05, 3.63) is 0 Å². The highest BCUT2D eigenvalue weighted by atomic mass is 28.2. The minimum atomic E-state index is 0.455. The van der Waals surface area contributed by atoms with Gasteiger partial charge in [-0.15, -0.1) is 6.17 Å². The standard InChI is InChI=1S/C7H16Si/c1-5-7(8-4)6(2)3/h6-8H,4-5H2,1-3H3. The van der Waals surface area contributed by atoms with Crippen molar-refractivity contribution in [1.29, 1.82) is 0 Å². The summed E-state index contributed by atoms with van der Waals surface area (Å²) in [5, 5.41) is 0. The van der Waals surface area contributed by atoms with E-state index in [1.807, 2.05) is 0 Å². The van der Waals surface area contributed by atoms with Gasteiger partial charge < -0.3 is 0 Å². The van der Waals surface area contributed by atoms with E-state index < -0.39 is 0 Å². The van der Waals surface area contributed by atoms with E-state index in [0.29, 0.717) is 9.13 Å². The third kappa shape index (κ3) is 2.41. The summed E-state index contributed by atoms with van der Waals surface area (Å²) >= 11 is 0. The lowest BCUT2D eigenvalue weighted by Gasteiger charge is -2.12. The Labute approximate surface area is 54.7 Å². The summed E-state index contributed by atoms with van der Waals surface area (Å²) < 4.78 is 0. The van der Waals surface area contributed by atoms with Crippen LogP contribution in [0.3, 0.4) is 0 Å². The van der Waals surface area contributed by atoms with Gasteiger partial charge in [-0.2, -0.15) is 0 Å². The molecule has 0 nitrogen and oxygen atoms in total. The minimum absolute atomic E-state index is 0.455. The van der Waals surface area contributed by atoms with Gasteiger partial charge in [-0.1, -0.05) is 27.2 Å². The molecule has 1 atom stereocenters. The van der Waals surface area contributed by atoms with Gasteiger partial charge >= 0.3 is 0 Å². The summed E-state index contributed by atoms with van der Waals surface area (Å²) in [5.74, 6) is 0.854. The highest BCUT2D eigenvalue weighted by Crippen LogP contribution is 2.16. The first-order valence-electron chi connectivity index (χ1n) is 3.34. The van der Waals surface area contributed by atoms with Crippen LogP contribution in [-0.2, 0) is 0 Å². The lowest BCUT2D eigenvalue weighted by molar-refractivity contribution is 0.574. The summed E-state index contributed by atoms with van der Waals surface area (Å²) in [4.78, 5) is 0. The zero-order valence-corrected chi connectivity index (χ0v) is 7.30. The van der Waals surface area contributed by atoms with Crippen molar-refractivity contribution in [3.63, 3.8) is 0 Å². The Morgan fingerprint density at radius 2 is 2.00 bits per heavy atom. The third-order valence-electron chi connectivity index (χ3n) is 1.63. The van der Waals surface area contributed by atoms with Crippen molar-refractivity contribution in [1.82, 2.24) is 0 Å². The second-order valence-corrected chi connectivity index (χ2v) is 3.88. The molecule has 0 heterocycles. The Bertz CT molecular complexity index is 66.8. The summed E-state index contributed by atoms with van der Waals surface area (Å²) in [5.41, 5.74) is 0.926. The predicted molar refractivity (Wildman–Crippen MR) is 43.1 cm³/mol. The van der Waals surface area contributed by atoms with Crippen LogP contribution in [0.25, 0.3) is 0 Å². The van der Waals surface area contributed by atoms with E-state index in [2.05, 4.69) is 26.9 Å². The Balaban J connectivity index is 3.51. The molecular weight excluding hydrogens is 112 g/mol. The fourth-order valence-corrected chi connectivity index (χ4v) is 1.79. The Kier molecular flexibility index (Phi) is 4.06. The average molecular weight is 128 g/mol. The molecule has 0 saturated heterocycles. The van der Waals surface area contributed by atoms with Gasteiger partial charge in [0, 0.05) is 0 Å². The molecule has 0 aromatic heterocycles. The van der Waals surface area contributed by atoms with Crippen molar-refractivity contribution in [2.24, 2.45) is 5.92 Å². The summed E-state index contributed by atoms with van der Waals surface area (Å²) in [6.07, 6.45) is 5.28. The SMILES string of the molecule is C=[SiH]C(CC)C(C)C. The molecule has 0 aliphatic rings. The molecule has 48 valence electrons. The fraction of sp³-hybridized carbons (Fsp3) is 0.857. The maximum absolute atomic E-state index is 3.96. The van der Waals surface area contributed by atoms with Gasteiger partial charge in [0.1, 0.15) is 0 Å². The van der Waals surface area contributed by atoms with E-state index in [-0.39, 0.29) is 0 Å². The number of rotatable bonds is 3. The molecule has 0 aliphatic carbocycles. The zero-order chi connectivity index (χ0) is 6.57. The van der Waals surface area contributed by atoms with Gasteiger partial charge in [0.05, 0.1) is 0 Å². The number of hydrogen-bond donors (Lipinski definition) is 0. The van der Waals surface area contributed by atoms with Crippen LogP contribution in [-0.4, -0.2) is 15.3 Å². The van der Waals surface area contributed by atoms with E-state index in [0.717, 1.165) is 11.5 Å². The second kappa shape index (κ2) is 4.01. The molecule has 0 rings (SSSR count). The van der Waals surface area contributed by atoms with Crippen molar-refractivity contribution >= 4 is 15.3 Å². The van der Waals surface area contributed by atoms with E-state index in [9.17, 15) is 0 Å². The molecular formula is C7H16Si. The molecule has 1 heteroatoms. The molecule has 0 bridgehead atoms. The van der Waals surface area contributed by atoms with Gasteiger partial charge in [0.2, 0.25) is 0 Å². The minimum Gasteiger partial charge on any atom is -0.121 e. The smallest absolute Gasteiger partial charge is 0.0118 e. The molecule has 0 N–H and O–H groups in total. The molecule has 0 radical (unpaired) electrons. The van der Waals surface area contributed by atoms with Crippen LogP contribution in [0.5, 0.6) is 0 Å². The Morgan fingerprint density at radius 1 is 1.50 bits per heavy atom. The fourth-order valence-electron chi connectivity index (χ4n) is 0.910. The summed E-state index contributed by atoms with van der Waals surface area (Å²) in [6, 6.07) is 0. The van der Waals surface area contributed by atoms with Crippen LogP contribution in [0.15, 0.2) is 0 Å². The van der Waals surface area contributed by atoms with E-state index in [1.165, 1.54) is 6.42 Å². The highest BCUT2D eigenvalue weighted by Gasteiger charge is 2.04. The topological polar surface area (TPSA) is 0 Å². The lowest BCUT2D eigenvalue weighted by Crippen LogP contribution is -2.02. The normalized spacial score (nSPS) is 14.0. The van der Waals surface area contributed by atoms with Crippen molar-refractivity contribution in [3.8, 4) is 0 Å². The van der Waals surface area contributed by atoms with Crippen molar-refractivity contribution < 1.29 is 0 Å². The van der Waals surface area contributed by atoms with Crippen LogP contribution in [0.1, 0.15) is 27.2 Å². The summed E-state index contributed by atoms with van der Waals surface area (Å²) in [7, 11) is 0.455. The first kappa shape index (κ1) is 8.09. The van der Waals surface area contributed by atoms with Gasteiger partial charge in [-0.05, 0) is 20.6 Å². The Hall–Kier alpha value is 0.0869. The largest absolute Gasteiger partial charge is 0.121 e. The molecule has 0 fully saturated rings. The molecule has 8 heavy (non-hydrogen) atoms. The maximum atomic E-state index is 3.96. The molecule has 0 amide bonds. The quantitative estimate of drug-likeness (QED) is 0.508. The van der Waals surface area contributed by atoms with Crippen LogP contribution < -0.4 is 0 Å². The number of hydrogen-bond acceptors (Lipinski definition) is 0. The van der Waals surface area contributed by atoms with Crippen LogP contribution >= 0.6 is 0 Å². The lowest BCUT2D eigenvalue weighted by atomic mass is 10.1. The molecule has 0 spiro atoms.